The molecule has 0 saturated heterocycles. The molecule has 1 N–H and O–H groups in total. The van der Waals surface area contributed by atoms with Crippen molar-refractivity contribution in [1.82, 2.24) is 0 Å². The number of aliphatic hydroxyl groups is 1. The molecule has 0 aromatic heterocycles. The van der Waals surface area contributed by atoms with Crippen LogP contribution >= 0.6 is 0 Å². The second kappa shape index (κ2) is 6.03. The highest BCUT2D eigenvalue weighted by Gasteiger charge is 2.03. The molecule has 0 amide bonds. The van der Waals surface area contributed by atoms with Crippen molar-refractivity contribution in [3.63, 3.8) is 0 Å². The summed E-state index contributed by atoms with van der Waals surface area (Å²) >= 11 is 0. The van der Waals surface area contributed by atoms with Crippen LogP contribution < -0.4 is 4.74 Å². The number of benzene rings is 2. The monoisotopic (exact) mass is 256 g/mol. The number of rotatable bonds is 2. The van der Waals surface area contributed by atoms with Gasteiger partial charge in [0.25, 0.3) is 0 Å². The van der Waals surface area contributed by atoms with Gasteiger partial charge < -0.3 is 9.84 Å². The summed E-state index contributed by atoms with van der Waals surface area (Å²) in [5, 5.41) is 9.91. The lowest BCUT2D eigenvalue weighted by molar-refractivity contribution is 0.238. The average Bonchev–Trinajstić information content (AvgIpc) is 2.46. The fourth-order valence-electron chi connectivity index (χ4n) is 1.55. The van der Waals surface area contributed by atoms with Crippen molar-refractivity contribution in [3.8, 4) is 17.6 Å². The Kier molecular flexibility index (Phi) is 4.17. The van der Waals surface area contributed by atoms with Crippen LogP contribution in [0.4, 0.5) is 4.39 Å². The molecule has 1 atom stereocenters. The average molecular weight is 256 g/mol. The summed E-state index contributed by atoms with van der Waals surface area (Å²) in [6.45, 7) is 0. The number of halogens is 1. The van der Waals surface area contributed by atoms with Gasteiger partial charge in [0, 0.05) is 5.56 Å². The molecule has 0 radical (unpaired) electrons. The number of methoxy groups -OCH3 is 1. The van der Waals surface area contributed by atoms with Crippen molar-refractivity contribution >= 4 is 0 Å². The molecular formula is C16H13FO2. The van der Waals surface area contributed by atoms with Gasteiger partial charge in [-0.15, -0.1) is 0 Å². The molecule has 0 bridgehead atoms. The molecule has 0 saturated carbocycles. The van der Waals surface area contributed by atoms with Crippen LogP contribution in [0.5, 0.6) is 5.75 Å². The summed E-state index contributed by atoms with van der Waals surface area (Å²) in [7, 11) is 1.58. The number of aliphatic hydroxyl groups excluding tert-OH is 1. The smallest absolute Gasteiger partial charge is 0.140 e. The summed E-state index contributed by atoms with van der Waals surface area (Å²) in [5.41, 5.74) is 1.35. The van der Waals surface area contributed by atoms with Crippen LogP contribution in [0.1, 0.15) is 17.2 Å². The van der Waals surface area contributed by atoms with E-state index in [0.29, 0.717) is 11.1 Å². The first-order valence-electron chi connectivity index (χ1n) is 5.78. The van der Waals surface area contributed by atoms with Crippen molar-refractivity contribution in [3.05, 3.63) is 65.5 Å². The SMILES string of the molecule is COc1ccc([C@@H](O)C#Cc2ccc(F)cc2)cc1. The van der Waals surface area contributed by atoms with Gasteiger partial charge in [-0.05, 0) is 42.0 Å². The molecule has 0 fully saturated rings. The maximum absolute atomic E-state index is 12.7. The van der Waals surface area contributed by atoms with Gasteiger partial charge in [-0.1, -0.05) is 24.0 Å². The van der Waals surface area contributed by atoms with E-state index in [9.17, 15) is 9.50 Å². The highest BCUT2D eigenvalue weighted by Crippen LogP contribution is 2.17. The van der Waals surface area contributed by atoms with Crippen LogP contribution in [0.25, 0.3) is 0 Å². The molecule has 2 nitrogen and oxygen atoms in total. The summed E-state index contributed by atoms with van der Waals surface area (Å²) in [5.74, 6) is 5.94. The van der Waals surface area contributed by atoms with Crippen LogP contribution in [-0.2, 0) is 0 Å². The lowest BCUT2D eigenvalue weighted by Gasteiger charge is -2.04. The maximum Gasteiger partial charge on any atom is 0.140 e. The van der Waals surface area contributed by atoms with Crippen molar-refractivity contribution in [1.29, 1.82) is 0 Å². The molecule has 2 aromatic rings. The highest BCUT2D eigenvalue weighted by atomic mass is 19.1. The molecule has 0 unspecified atom stereocenters. The molecule has 0 aliphatic rings. The second-order valence-electron chi connectivity index (χ2n) is 3.95. The first-order chi connectivity index (χ1) is 9.19. The predicted octanol–water partition coefficient (Wildman–Crippen LogP) is 2.92. The van der Waals surface area contributed by atoms with Gasteiger partial charge in [0.1, 0.15) is 17.7 Å². The molecule has 0 aliphatic heterocycles. The molecule has 2 aromatic carbocycles. The third-order valence-electron chi connectivity index (χ3n) is 2.63. The zero-order valence-corrected chi connectivity index (χ0v) is 10.4. The van der Waals surface area contributed by atoms with E-state index in [-0.39, 0.29) is 5.82 Å². The van der Waals surface area contributed by atoms with Gasteiger partial charge in [-0.25, -0.2) is 4.39 Å². The van der Waals surface area contributed by atoms with Gasteiger partial charge in [0.2, 0.25) is 0 Å². The van der Waals surface area contributed by atoms with Crippen molar-refractivity contribution < 1.29 is 14.2 Å². The second-order valence-corrected chi connectivity index (χ2v) is 3.95. The van der Waals surface area contributed by atoms with Gasteiger partial charge in [-0.3, -0.25) is 0 Å². The minimum atomic E-state index is -0.879. The molecule has 96 valence electrons. The number of hydrogen-bond donors (Lipinski definition) is 1. The lowest BCUT2D eigenvalue weighted by atomic mass is 10.1. The van der Waals surface area contributed by atoms with Gasteiger partial charge in [0.15, 0.2) is 0 Å². The van der Waals surface area contributed by atoms with E-state index in [1.165, 1.54) is 12.1 Å². The molecular weight excluding hydrogens is 243 g/mol. The fraction of sp³-hybridized carbons (Fsp3) is 0.125. The molecule has 0 heterocycles. The molecule has 19 heavy (non-hydrogen) atoms. The Morgan fingerprint density at radius 2 is 1.68 bits per heavy atom. The molecule has 3 heteroatoms. The molecule has 0 aliphatic carbocycles. The maximum atomic E-state index is 12.7. The van der Waals surface area contributed by atoms with Gasteiger partial charge >= 0.3 is 0 Å². The number of ether oxygens (including phenoxy) is 1. The fourth-order valence-corrected chi connectivity index (χ4v) is 1.55. The number of hydrogen-bond acceptors (Lipinski definition) is 2. The van der Waals surface area contributed by atoms with Crippen molar-refractivity contribution in [2.45, 2.75) is 6.10 Å². The molecule has 2 rings (SSSR count). The zero-order valence-electron chi connectivity index (χ0n) is 10.4. The normalized spacial score (nSPS) is 11.3. The van der Waals surface area contributed by atoms with E-state index < -0.39 is 6.10 Å². The summed E-state index contributed by atoms with van der Waals surface area (Å²) in [4.78, 5) is 0. The third-order valence-corrected chi connectivity index (χ3v) is 2.63. The Balaban J connectivity index is 2.12. The van der Waals surface area contributed by atoms with Crippen LogP contribution in [-0.4, -0.2) is 12.2 Å². The summed E-state index contributed by atoms with van der Waals surface area (Å²) in [6.07, 6.45) is -0.879. The zero-order chi connectivity index (χ0) is 13.7. The summed E-state index contributed by atoms with van der Waals surface area (Å²) in [6, 6.07) is 12.8. The Bertz CT molecular complexity index is 591. The molecule has 0 spiro atoms. The van der Waals surface area contributed by atoms with Crippen LogP contribution in [0.3, 0.4) is 0 Å². The van der Waals surface area contributed by atoms with E-state index >= 15 is 0 Å². The Morgan fingerprint density at radius 3 is 2.26 bits per heavy atom. The van der Waals surface area contributed by atoms with E-state index in [2.05, 4.69) is 11.8 Å². The van der Waals surface area contributed by atoms with Gasteiger partial charge in [0.05, 0.1) is 7.11 Å². The Labute approximate surface area is 111 Å². The van der Waals surface area contributed by atoms with Crippen LogP contribution in [0.15, 0.2) is 48.5 Å². The quantitative estimate of drug-likeness (QED) is 0.837. The Hall–Kier alpha value is -2.31. The standard InChI is InChI=1S/C16H13FO2/c1-19-15-9-5-13(6-10-15)16(18)11-4-12-2-7-14(17)8-3-12/h2-3,5-10,16,18H,1H3/t16-/m0/s1. The van der Waals surface area contributed by atoms with Crippen LogP contribution in [0.2, 0.25) is 0 Å². The minimum absolute atomic E-state index is 0.304. The van der Waals surface area contributed by atoms with E-state index in [0.717, 1.165) is 5.75 Å². The van der Waals surface area contributed by atoms with Gasteiger partial charge in [-0.2, -0.15) is 0 Å². The van der Waals surface area contributed by atoms with E-state index in [4.69, 9.17) is 4.74 Å². The third kappa shape index (κ3) is 3.57. The largest absolute Gasteiger partial charge is 0.497 e. The van der Waals surface area contributed by atoms with Crippen molar-refractivity contribution in [2.75, 3.05) is 7.11 Å². The van der Waals surface area contributed by atoms with E-state index in [1.807, 2.05) is 0 Å². The lowest BCUT2D eigenvalue weighted by Crippen LogP contribution is -1.94. The minimum Gasteiger partial charge on any atom is -0.497 e. The van der Waals surface area contributed by atoms with Crippen LogP contribution in [0, 0.1) is 17.7 Å². The highest BCUT2D eigenvalue weighted by molar-refractivity contribution is 5.38. The summed E-state index contributed by atoms with van der Waals surface area (Å²) < 4.78 is 17.7. The van der Waals surface area contributed by atoms with Crippen molar-refractivity contribution in [2.24, 2.45) is 0 Å². The first kappa shape index (κ1) is 13.1. The first-order valence-corrected chi connectivity index (χ1v) is 5.78. The predicted molar refractivity (Wildman–Crippen MR) is 71.2 cm³/mol. The topological polar surface area (TPSA) is 29.5 Å². The van der Waals surface area contributed by atoms with E-state index in [1.54, 1.807) is 43.5 Å². The Morgan fingerprint density at radius 1 is 1.05 bits per heavy atom.